The molecule has 8 nitrogen and oxygen atoms in total. The average Bonchev–Trinajstić information content (AvgIpc) is 2.79. The number of aryl methyl sites for hydroxylation is 1. The molecule has 1 heterocycles. The van der Waals surface area contributed by atoms with Gasteiger partial charge in [-0.2, -0.15) is 14.9 Å². The summed E-state index contributed by atoms with van der Waals surface area (Å²) < 4.78 is 1.64. The maximum atomic E-state index is 10.8. The summed E-state index contributed by atoms with van der Waals surface area (Å²) in [4.78, 5) is 10.1. The van der Waals surface area contributed by atoms with Gasteiger partial charge in [0.15, 0.2) is 5.82 Å². The van der Waals surface area contributed by atoms with E-state index in [2.05, 4.69) is 15.3 Å². The van der Waals surface area contributed by atoms with Gasteiger partial charge in [-0.3, -0.25) is 15.2 Å². The summed E-state index contributed by atoms with van der Waals surface area (Å²) in [6, 6.07) is 2.43. The van der Waals surface area contributed by atoms with E-state index in [1.54, 1.807) is 0 Å². The molecule has 0 aliphatic heterocycles. The fraction of sp³-hybridized carbons (Fsp3) is 0.182. The molecule has 1 aromatic carbocycles. The summed E-state index contributed by atoms with van der Waals surface area (Å²) in [5.41, 5.74) is -0.380. The fourth-order valence-electron chi connectivity index (χ4n) is 1.64. The third-order valence-corrected chi connectivity index (χ3v) is 3.11. The smallest absolute Gasteiger partial charge is 0.312 e. The first-order chi connectivity index (χ1) is 9.93. The number of aromatic amines is 1. The van der Waals surface area contributed by atoms with Gasteiger partial charge in [-0.1, -0.05) is 18.5 Å². The van der Waals surface area contributed by atoms with Gasteiger partial charge in [0.2, 0.25) is 10.5 Å². The zero-order chi connectivity index (χ0) is 15.6. The number of nitrogens with zero attached hydrogens (tertiary/aromatic N) is 4. The summed E-state index contributed by atoms with van der Waals surface area (Å²) >= 11 is 10.8. The van der Waals surface area contributed by atoms with E-state index in [1.807, 2.05) is 6.92 Å². The highest BCUT2D eigenvalue weighted by molar-refractivity contribution is 7.71. The molecule has 2 rings (SSSR count). The zero-order valence-electron chi connectivity index (χ0n) is 10.8. The van der Waals surface area contributed by atoms with Crippen molar-refractivity contribution in [3.63, 3.8) is 0 Å². The van der Waals surface area contributed by atoms with Crippen molar-refractivity contribution in [3.8, 4) is 5.75 Å². The number of rotatable bonds is 4. The van der Waals surface area contributed by atoms with Crippen LogP contribution < -0.4 is 0 Å². The molecule has 2 aromatic rings. The van der Waals surface area contributed by atoms with Gasteiger partial charge in [-0.15, -0.1) is 0 Å². The highest BCUT2D eigenvalue weighted by Gasteiger charge is 2.17. The second-order valence-corrected chi connectivity index (χ2v) is 4.80. The van der Waals surface area contributed by atoms with Crippen LogP contribution in [-0.2, 0) is 6.42 Å². The summed E-state index contributed by atoms with van der Waals surface area (Å²) in [7, 11) is 0. The minimum atomic E-state index is -0.723. The first-order valence-electron chi connectivity index (χ1n) is 5.81. The molecular formula is C11H10ClN5O3S. The largest absolute Gasteiger partial charge is 0.502 e. The number of hydrogen-bond acceptors (Lipinski definition) is 6. The van der Waals surface area contributed by atoms with Gasteiger partial charge < -0.3 is 5.11 Å². The summed E-state index contributed by atoms with van der Waals surface area (Å²) in [6.45, 7) is 1.87. The van der Waals surface area contributed by atoms with Crippen LogP contribution in [0.1, 0.15) is 18.3 Å². The number of aromatic hydroxyl groups is 1. The van der Waals surface area contributed by atoms with E-state index < -0.39 is 16.4 Å². The van der Waals surface area contributed by atoms with E-state index in [9.17, 15) is 15.2 Å². The molecule has 2 N–H and O–H groups in total. The number of nitro groups is 1. The molecular weight excluding hydrogens is 318 g/mol. The molecule has 110 valence electrons. The van der Waals surface area contributed by atoms with Gasteiger partial charge in [0.25, 0.3) is 0 Å². The van der Waals surface area contributed by atoms with Crippen LogP contribution >= 0.6 is 23.8 Å². The lowest BCUT2D eigenvalue weighted by Crippen LogP contribution is -1.98. The van der Waals surface area contributed by atoms with Gasteiger partial charge in [0.1, 0.15) is 0 Å². The fourth-order valence-corrected chi connectivity index (χ4v) is 2.05. The lowest BCUT2D eigenvalue weighted by molar-refractivity contribution is -0.385. The molecule has 0 atom stereocenters. The van der Waals surface area contributed by atoms with Crippen molar-refractivity contribution in [3.05, 3.63) is 43.4 Å². The topological polar surface area (TPSA) is 109 Å². The van der Waals surface area contributed by atoms with Crippen molar-refractivity contribution in [2.45, 2.75) is 13.3 Å². The van der Waals surface area contributed by atoms with E-state index in [0.29, 0.717) is 12.2 Å². The Balaban J connectivity index is 2.49. The van der Waals surface area contributed by atoms with Gasteiger partial charge in [0.05, 0.1) is 11.1 Å². The van der Waals surface area contributed by atoms with Gasteiger partial charge in [0, 0.05) is 23.1 Å². The van der Waals surface area contributed by atoms with Gasteiger partial charge in [-0.25, -0.2) is 0 Å². The normalized spacial score (nSPS) is 11.1. The first kappa shape index (κ1) is 15.1. The number of nitro benzene ring substituents is 1. The predicted octanol–water partition coefficient (Wildman–Crippen LogP) is 2.65. The Labute approximate surface area is 128 Å². The molecule has 0 unspecified atom stereocenters. The Morgan fingerprint density at radius 2 is 2.38 bits per heavy atom. The van der Waals surface area contributed by atoms with Crippen LogP contribution in [0.15, 0.2) is 17.2 Å². The molecule has 0 aliphatic carbocycles. The van der Waals surface area contributed by atoms with Crippen LogP contribution in [0.4, 0.5) is 5.69 Å². The molecule has 0 bridgehead atoms. The molecule has 0 aliphatic rings. The van der Waals surface area contributed by atoms with E-state index in [4.69, 9.17) is 23.8 Å². The molecule has 0 amide bonds. The standard InChI is InChI=1S/C11H10ClN5O3S/c1-2-9-14-15-11(21)16(9)13-5-6-3-7(12)4-8(10(6)18)17(19)20/h3-5,18H,2H2,1H3,(H,15,21)/b13-5+. The number of aromatic nitrogens is 3. The summed E-state index contributed by atoms with van der Waals surface area (Å²) in [5.74, 6) is 0.0773. The second-order valence-electron chi connectivity index (χ2n) is 3.97. The monoisotopic (exact) mass is 327 g/mol. The van der Waals surface area contributed by atoms with E-state index >= 15 is 0 Å². The Morgan fingerprint density at radius 3 is 3.00 bits per heavy atom. The minimum Gasteiger partial charge on any atom is -0.502 e. The van der Waals surface area contributed by atoms with Crippen LogP contribution in [0.25, 0.3) is 0 Å². The molecule has 0 saturated carbocycles. The van der Waals surface area contributed by atoms with Crippen molar-refractivity contribution < 1.29 is 10.0 Å². The van der Waals surface area contributed by atoms with Crippen LogP contribution in [0, 0.1) is 14.9 Å². The number of nitrogens with one attached hydrogen (secondary N) is 1. The molecule has 0 fully saturated rings. The van der Waals surface area contributed by atoms with E-state index in [-0.39, 0.29) is 15.4 Å². The zero-order valence-corrected chi connectivity index (χ0v) is 12.4. The quantitative estimate of drug-likeness (QED) is 0.388. The highest BCUT2D eigenvalue weighted by atomic mass is 35.5. The van der Waals surface area contributed by atoms with Crippen LogP contribution in [0.3, 0.4) is 0 Å². The van der Waals surface area contributed by atoms with Crippen molar-refractivity contribution in [1.29, 1.82) is 0 Å². The summed E-state index contributed by atoms with van der Waals surface area (Å²) in [5, 5.41) is 31.4. The molecule has 0 radical (unpaired) electrons. The lowest BCUT2D eigenvalue weighted by atomic mass is 10.2. The Kier molecular flexibility index (Phi) is 4.34. The van der Waals surface area contributed by atoms with E-state index in [0.717, 1.165) is 6.07 Å². The van der Waals surface area contributed by atoms with Crippen molar-refractivity contribution in [1.82, 2.24) is 14.9 Å². The van der Waals surface area contributed by atoms with Gasteiger partial charge >= 0.3 is 5.69 Å². The number of halogens is 1. The summed E-state index contributed by atoms with van der Waals surface area (Å²) in [6.07, 6.45) is 1.82. The lowest BCUT2D eigenvalue weighted by Gasteiger charge is -2.02. The van der Waals surface area contributed by atoms with Crippen molar-refractivity contribution >= 4 is 35.7 Å². The Hall–Kier alpha value is -2.26. The molecule has 21 heavy (non-hydrogen) atoms. The second kappa shape index (κ2) is 6.02. The molecule has 0 spiro atoms. The first-order valence-corrected chi connectivity index (χ1v) is 6.60. The number of phenolic OH excluding ortho intramolecular Hbond substituents is 1. The number of benzene rings is 1. The maximum absolute atomic E-state index is 10.8. The van der Waals surface area contributed by atoms with Crippen LogP contribution in [0.5, 0.6) is 5.75 Å². The number of hydrogen-bond donors (Lipinski definition) is 2. The highest BCUT2D eigenvalue weighted by Crippen LogP contribution is 2.32. The molecule has 1 aromatic heterocycles. The Bertz CT molecular complexity index is 783. The molecule has 0 saturated heterocycles. The molecule has 10 heteroatoms. The number of phenols is 1. The van der Waals surface area contributed by atoms with Gasteiger partial charge in [-0.05, 0) is 18.3 Å². The van der Waals surface area contributed by atoms with Crippen LogP contribution in [-0.4, -0.2) is 31.1 Å². The predicted molar refractivity (Wildman–Crippen MR) is 79.6 cm³/mol. The van der Waals surface area contributed by atoms with Crippen LogP contribution in [0.2, 0.25) is 5.02 Å². The third kappa shape index (κ3) is 3.09. The third-order valence-electron chi connectivity index (χ3n) is 2.63. The average molecular weight is 328 g/mol. The minimum absolute atomic E-state index is 0.111. The van der Waals surface area contributed by atoms with Crippen molar-refractivity contribution in [2.75, 3.05) is 0 Å². The van der Waals surface area contributed by atoms with E-state index in [1.165, 1.54) is 17.0 Å². The Morgan fingerprint density at radius 1 is 1.67 bits per heavy atom. The maximum Gasteiger partial charge on any atom is 0.312 e. The number of H-pyrrole nitrogens is 1. The van der Waals surface area contributed by atoms with Crippen molar-refractivity contribution in [2.24, 2.45) is 5.10 Å². The SMILES string of the molecule is CCc1n[nH]c(=S)n1/N=C/c1cc(Cl)cc([N+](=O)[O-])c1O.